The van der Waals surface area contributed by atoms with Crippen molar-refractivity contribution in [3.8, 4) is 0 Å². The van der Waals surface area contributed by atoms with Gasteiger partial charge in [0.15, 0.2) is 0 Å². The Morgan fingerprint density at radius 3 is 2.27 bits per heavy atom. The van der Waals surface area contributed by atoms with Gasteiger partial charge in [-0.05, 0) is 25.9 Å². The van der Waals surface area contributed by atoms with Gasteiger partial charge in [-0.3, -0.25) is 0 Å². The monoisotopic (exact) mass is 298 g/mol. The Kier molecular flexibility index (Phi) is 6.11. The highest BCUT2D eigenvalue weighted by atomic mass is 79.9. The SMILES string of the molecule is O=S(=O)(CBr)NCCN1CCCCCC1. The summed E-state index contributed by atoms with van der Waals surface area (Å²) in [5.74, 6) is 0. The normalized spacial score (nSPS) is 20.1. The van der Waals surface area contributed by atoms with Crippen molar-refractivity contribution in [1.29, 1.82) is 0 Å². The Labute approximate surface area is 101 Å². The zero-order chi connectivity index (χ0) is 11.1. The molecule has 15 heavy (non-hydrogen) atoms. The molecule has 90 valence electrons. The number of sulfonamides is 1. The second kappa shape index (κ2) is 6.83. The first-order valence-corrected chi connectivity index (χ1v) is 8.17. The van der Waals surface area contributed by atoms with Gasteiger partial charge in [0, 0.05) is 13.1 Å². The molecule has 0 unspecified atom stereocenters. The van der Waals surface area contributed by atoms with Crippen LogP contribution >= 0.6 is 15.9 Å². The van der Waals surface area contributed by atoms with Crippen LogP contribution in [0.4, 0.5) is 0 Å². The van der Waals surface area contributed by atoms with Crippen molar-refractivity contribution in [1.82, 2.24) is 9.62 Å². The van der Waals surface area contributed by atoms with Gasteiger partial charge in [-0.2, -0.15) is 0 Å². The van der Waals surface area contributed by atoms with Crippen LogP contribution in [0.3, 0.4) is 0 Å². The molecule has 0 aromatic rings. The Morgan fingerprint density at radius 2 is 1.73 bits per heavy atom. The molecule has 0 bridgehead atoms. The van der Waals surface area contributed by atoms with E-state index in [4.69, 9.17) is 0 Å². The van der Waals surface area contributed by atoms with Crippen LogP contribution in [0, 0.1) is 0 Å². The fourth-order valence-corrected chi connectivity index (χ4v) is 2.72. The summed E-state index contributed by atoms with van der Waals surface area (Å²) in [6, 6.07) is 0. The molecule has 1 heterocycles. The molecule has 0 spiro atoms. The minimum Gasteiger partial charge on any atom is -0.302 e. The molecule has 0 saturated carbocycles. The minimum absolute atomic E-state index is 0.0139. The van der Waals surface area contributed by atoms with Gasteiger partial charge < -0.3 is 4.90 Å². The second-order valence-electron chi connectivity index (χ2n) is 3.87. The van der Waals surface area contributed by atoms with Gasteiger partial charge in [0.1, 0.15) is 4.66 Å². The molecule has 4 nitrogen and oxygen atoms in total. The van der Waals surface area contributed by atoms with Crippen LogP contribution in [0.25, 0.3) is 0 Å². The molecule has 1 rings (SSSR count). The van der Waals surface area contributed by atoms with Gasteiger partial charge >= 0.3 is 0 Å². The van der Waals surface area contributed by atoms with Crippen LogP contribution in [0.5, 0.6) is 0 Å². The molecule has 1 saturated heterocycles. The first-order chi connectivity index (χ1) is 7.14. The second-order valence-corrected chi connectivity index (χ2v) is 6.98. The van der Waals surface area contributed by atoms with E-state index in [0.29, 0.717) is 6.54 Å². The summed E-state index contributed by atoms with van der Waals surface area (Å²) in [7, 11) is -3.09. The van der Waals surface area contributed by atoms with Crippen molar-refractivity contribution in [2.45, 2.75) is 25.7 Å². The predicted octanol–water partition coefficient (Wildman–Crippen LogP) is 1.13. The molecule has 0 amide bonds. The lowest BCUT2D eigenvalue weighted by Crippen LogP contribution is -2.35. The number of rotatable bonds is 5. The zero-order valence-electron chi connectivity index (χ0n) is 8.91. The van der Waals surface area contributed by atoms with Crippen molar-refractivity contribution in [3.63, 3.8) is 0 Å². The van der Waals surface area contributed by atoms with E-state index in [1.165, 1.54) is 25.7 Å². The molecule has 0 radical (unpaired) electrons. The summed E-state index contributed by atoms with van der Waals surface area (Å²) >= 11 is 2.95. The van der Waals surface area contributed by atoms with E-state index in [1.54, 1.807) is 0 Å². The highest BCUT2D eigenvalue weighted by Gasteiger charge is 2.10. The summed E-state index contributed by atoms with van der Waals surface area (Å²) in [4.78, 5) is 2.34. The maximum Gasteiger partial charge on any atom is 0.221 e. The van der Waals surface area contributed by atoms with Crippen molar-refractivity contribution in [2.75, 3.05) is 30.8 Å². The Hall–Kier alpha value is 0.350. The molecule has 0 aliphatic carbocycles. The quantitative estimate of drug-likeness (QED) is 0.774. The number of nitrogens with one attached hydrogen (secondary N) is 1. The average molecular weight is 299 g/mol. The number of halogens is 1. The average Bonchev–Trinajstić information content (AvgIpc) is 2.46. The lowest BCUT2D eigenvalue weighted by atomic mass is 10.2. The third-order valence-electron chi connectivity index (χ3n) is 2.59. The number of hydrogen-bond acceptors (Lipinski definition) is 3. The topological polar surface area (TPSA) is 49.4 Å². The van der Waals surface area contributed by atoms with Gasteiger partial charge in [-0.15, -0.1) is 0 Å². The van der Waals surface area contributed by atoms with Crippen LogP contribution in [0.15, 0.2) is 0 Å². The van der Waals surface area contributed by atoms with Gasteiger partial charge in [0.05, 0.1) is 0 Å². The van der Waals surface area contributed by atoms with E-state index < -0.39 is 10.0 Å². The predicted molar refractivity (Wildman–Crippen MR) is 65.6 cm³/mol. The number of likely N-dealkylation sites (tertiary alicyclic amines) is 1. The van der Waals surface area contributed by atoms with Crippen LogP contribution in [0.1, 0.15) is 25.7 Å². The molecule has 6 heteroatoms. The molecule has 1 fully saturated rings. The molecule has 0 aromatic heterocycles. The molecule has 1 aliphatic rings. The van der Waals surface area contributed by atoms with E-state index >= 15 is 0 Å². The standard InChI is InChI=1S/C9H19BrN2O2S/c10-9-15(13,14)11-5-8-12-6-3-1-2-4-7-12/h11H,1-9H2. The highest BCUT2D eigenvalue weighted by molar-refractivity contribution is 9.10. The number of alkyl halides is 1. The van der Waals surface area contributed by atoms with Gasteiger partial charge in [-0.25, -0.2) is 13.1 Å². The summed E-state index contributed by atoms with van der Waals surface area (Å²) in [5.41, 5.74) is 0. The third-order valence-corrected chi connectivity index (χ3v) is 5.33. The molecule has 1 N–H and O–H groups in total. The van der Waals surface area contributed by atoms with Gasteiger partial charge in [0.25, 0.3) is 0 Å². The van der Waals surface area contributed by atoms with Crippen LogP contribution in [-0.2, 0) is 10.0 Å². The lowest BCUT2D eigenvalue weighted by Gasteiger charge is -2.19. The van der Waals surface area contributed by atoms with E-state index in [2.05, 4.69) is 25.6 Å². The van der Waals surface area contributed by atoms with Crippen LogP contribution in [0.2, 0.25) is 0 Å². The fourth-order valence-electron chi connectivity index (χ4n) is 1.76. The van der Waals surface area contributed by atoms with Crippen LogP contribution < -0.4 is 4.72 Å². The van der Waals surface area contributed by atoms with Crippen LogP contribution in [-0.4, -0.2) is 44.2 Å². The first kappa shape index (κ1) is 13.4. The van der Waals surface area contributed by atoms with Crippen molar-refractivity contribution in [3.05, 3.63) is 0 Å². The highest BCUT2D eigenvalue weighted by Crippen LogP contribution is 2.08. The molecule has 1 aliphatic heterocycles. The molecular formula is C9H19BrN2O2S. The van der Waals surface area contributed by atoms with Gasteiger partial charge in [0.2, 0.25) is 10.0 Å². The summed E-state index contributed by atoms with van der Waals surface area (Å²) in [5, 5.41) is 0. The summed E-state index contributed by atoms with van der Waals surface area (Å²) in [6.07, 6.45) is 5.10. The number of nitrogens with zero attached hydrogens (tertiary/aromatic N) is 1. The van der Waals surface area contributed by atoms with Crippen molar-refractivity contribution >= 4 is 26.0 Å². The molecule has 0 atom stereocenters. The summed E-state index contributed by atoms with van der Waals surface area (Å²) < 4.78 is 24.8. The summed E-state index contributed by atoms with van der Waals surface area (Å²) in [6.45, 7) is 3.56. The smallest absolute Gasteiger partial charge is 0.221 e. The third kappa shape index (κ3) is 5.85. The van der Waals surface area contributed by atoms with Crippen molar-refractivity contribution < 1.29 is 8.42 Å². The lowest BCUT2D eigenvalue weighted by molar-refractivity contribution is 0.290. The largest absolute Gasteiger partial charge is 0.302 e. The van der Waals surface area contributed by atoms with Crippen molar-refractivity contribution in [2.24, 2.45) is 0 Å². The Bertz CT molecular complexity index is 261. The number of hydrogen-bond donors (Lipinski definition) is 1. The maximum absolute atomic E-state index is 11.1. The zero-order valence-corrected chi connectivity index (χ0v) is 11.3. The minimum atomic E-state index is -3.09. The Morgan fingerprint density at radius 1 is 1.13 bits per heavy atom. The van der Waals surface area contributed by atoms with E-state index in [-0.39, 0.29) is 4.66 Å². The Balaban J connectivity index is 2.18. The van der Waals surface area contributed by atoms with E-state index in [9.17, 15) is 8.42 Å². The molecule has 0 aromatic carbocycles. The van der Waals surface area contributed by atoms with E-state index in [1.807, 2.05) is 0 Å². The fraction of sp³-hybridized carbons (Fsp3) is 1.00. The van der Waals surface area contributed by atoms with E-state index in [0.717, 1.165) is 19.6 Å². The maximum atomic E-state index is 11.1. The first-order valence-electron chi connectivity index (χ1n) is 5.40. The molecular weight excluding hydrogens is 280 g/mol. The van der Waals surface area contributed by atoms with Gasteiger partial charge in [-0.1, -0.05) is 28.8 Å².